The monoisotopic (exact) mass is 373 g/mol. The molecule has 0 fully saturated rings. The van der Waals surface area contributed by atoms with Crippen LogP contribution in [0.15, 0.2) is 47.6 Å². The van der Waals surface area contributed by atoms with Crippen LogP contribution in [0, 0.1) is 6.92 Å². The molecule has 0 radical (unpaired) electrons. The summed E-state index contributed by atoms with van der Waals surface area (Å²) in [4.78, 5) is 23.6. The highest BCUT2D eigenvalue weighted by atomic mass is 35.5. The van der Waals surface area contributed by atoms with Gasteiger partial charge in [0.25, 0.3) is 0 Å². The number of rotatable bonds is 6. The van der Waals surface area contributed by atoms with Crippen LogP contribution in [0.4, 0.5) is 0 Å². The smallest absolute Gasteiger partial charge is 0.329 e. The zero-order chi connectivity index (χ0) is 18.9. The van der Waals surface area contributed by atoms with Gasteiger partial charge in [0.1, 0.15) is 5.75 Å². The fourth-order valence-electron chi connectivity index (χ4n) is 2.09. The van der Waals surface area contributed by atoms with E-state index >= 15 is 0 Å². The Hall–Kier alpha value is -2.86. The Morgan fingerprint density at radius 3 is 2.58 bits per heavy atom. The molecule has 0 spiro atoms. The lowest BCUT2D eigenvalue weighted by Crippen LogP contribution is -2.37. The van der Waals surface area contributed by atoms with Crippen molar-refractivity contribution in [1.82, 2.24) is 10.7 Å². The van der Waals surface area contributed by atoms with Crippen LogP contribution < -0.4 is 15.5 Å². The van der Waals surface area contributed by atoms with Gasteiger partial charge >= 0.3 is 11.8 Å². The molecule has 0 aliphatic rings. The summed E-state index contributed by atoms with van der Waals surface area (Å²) in [5.41, 5.74) is 4.81. The van der Waals surface area contributed by atoms with Crippen molar-refractivity contribution in [3.8, 4) is 5.75 Å². The van der Waals surface area contributed by atoms with Crippen LogP contribution in [-0.4, -0.2) is 24.6 Å². The minimum atomic E-state index is -0.853. The third kappa shape index (κ3) is 5.89. The molecule has 0 atom stereocenters. The first-order chi connectivity index (χ1) is 12.5. The van der Waals surface area contributed by atoms with E-state index in [1.165, 1.54) is 6.21 Å². The highest BCUT2D eigenvalue weighted by Crippen LogP contribution is 2.21. The second kappa shape index (κ2) is 9.58. The number of halogens is 1. The molecular formula is C19H20ClN3O3. The minimum absolute atomic E-state index is 0.263. The number of carbonyl (C=O) groups excluding carboxylic acids is 2. The van der Waals surface area contributed by atoms with Gasteiger partial charge in [-0.05, 0) is 37.6 Å². The summed E-state index contributed by atoms with van der Waals surface area (Å²) >= 11 is 5.95. The van der Waals surface area contributed by atoms with Crippen molar-refractivity contribution in [3.05, 3.63) is 64.2 Å². The maximum atomic E-state index is 11.8. The number of nitrogens with one attached hydrogen (secondary N) is 2. The van der Waals surface area contributed by atoms with E-state index in [1.54, 1.807) is 18.2 Å². The highest BCUT2D eigenvalue weighted by Gasteiger charge is 2.12. The Balaban J connectivity index is 1.89. The van der Waals surface area contributed by atoms with Gasteiger partial charge in [-0.15, -0.1) is 0 Å². The lowest BCUT2D eigenvalue weighted by Gasteiger charge is -2.07. The number of hydrazone groups is 1. The zero-order valence-electron chi connectivity index (χ0n) is 14.6. The van der Waals surface area contributed by atoms with Crippen molar-refractivity contribution >= 4 is 29.6 Å². The molecule has 0 saturated heterocycles. The first-order valence-corrected chi connectivity index (χ1v) is 8.46. The van der Waals surface area contributed by atoms with E-state index in [0.717, 1.165) is 11.1 Å². The van der Waals surface area contributed by atoms with Crippen LogP contribution in [0.5, 0.6) is 5.75 Å². The molecule has 136 valence electrons. The number of aryl methyl sites for hydroxylation is 1. The third-order valence-electron chi connectivity index (χ3n) is 3.42. The molecule has 2 aromatic carbocycles. The first kappa shape index (κ1) is 19.5. The summed E-state index contributed by atoms with van der Waals surface area (Å²) in [7, 11) is 0. The number of nitrogens with zero attached hydrogens (tertiary/aromatic N) is 1. The largest absolute Gasteiger partial charge is 0.493 e. The van der Waals surface area contributed by atoms with E-state index in [0.29, 0.717) is 22.9 Å². The molecule has 0 saturated carbocycles. The van der Waals surface area contributed by atoms with Crippen molar-refractivity contribution in [2.24, 2.45) is 5.10 Å². The van der Waals surface area contributed by atoms with Crippen LogP contribution in [0.2, 0.25) is 5.02 Å². The quantitative estimate of drug-likeness (QED) is 0.464. The Kier molecular flexibility index (Phi) is 7.17. The summed E-state index contributed by atoms with van der Waals surface area (Å²) in [5, 5.41) is 6.84. The maximum absolute atomic E-state index is 11.8. The lowest BCUT2D eigenvalue weighted by atomic mass is 10.1. The van der Waals surface area contributed by atoms with Gasteiger partial charge in [0.15, 0.2) is 0 Å². The number of benzene rings is 2. The van der Waals surface area contributed by atoms with Crippen molar-refractivity contribution in [2.75, 3.05) is 6.61 Å². The topological polar surface area (TPSA) is 79.8 Å². The van der Waals surface area contributed by atoms with Gasteiger partial charge < -0.3 is 10.1 Å². The van der Waals surface area contributed by atoms with Crippen molar-refractivity contribution < 1.29 is 14.3 Å². The molecule has 6 nitrogen and oxygen atoms in total. The second-order valence-electron chi connectivity index (χ2n) is 5.48. The van der Waals surface area contributed by atoms with Crippen LogP contribution in [0.1, 0.15) is 23.6 Å². The van der Waals surface area contributed by atoms with Crippen molar-refractivity contribution in [1.29, 1.82) is 0 Å². The Bertz CT molecular complexity index is 804. The predicted molar refractivity (Wildman–Crippen MR) is 101 cm³/mol. The van der Waals surface area contributed by atoms with Gasteiger partial charge in [0, 0.05) is 17.1 Å². The van der Waals surface area contributed by atoms with Gasteiger partial charge in [-0.3, -0.25) is 9.59 Å². The number of hydrogen-bond acceptors (Lipinski definition) is 4. The molecule has 0 bridgehead atoms. The number of ether oxygens (including phenoxy) is 1. The van der Waals surface area contributed by atoms with E-state index in [1.807, 2.05) is 38.1 Å². The number of hydrogen-bond donors (Lipinski definition) is 2. The molecule has 26 heavy (non-hydrogen) atoms. The fourth-order valence-corrected chi connectivity index (χ4v) is 2.27. The van der Waals surface area contributed by atoms with E-state index in [-0.39, 0.29) is 6.54 Å². The van der Waals surface area contributed by atoms with Gasteiger partial charge in [-0.1, -0.05) is 41.4 Å². The average Bonchev–Trinajstić information content (AvgIpc) is 2.63. The normalized spacial score (nSPS) is 10.6. The van der Waals surface area contributed by atoms with Crippen LogP contribution in [0.25, 0.3) is 0 Å². The molecular weight excluding hydrogens is 354 g/mol. The summed E-state index contributed by atoms with van der Waals surface area (Å²) < 4.78 is 5.45. The van der Waals surface area contributed by atoms with Crippen molar-refractivity contribution in [2.45, 2.75) is 20.4 Å². The van der Waals surface area contributed by atoms with Crippen LogP contribution in [0.3, 0.4) is 0 Å². The second-order valence-corrected chi connectivity index (χ2v) is 5.92. The fraction of sp³-hybridized carbons (Fsp3) is 0.211. The summed E-state index contributed by atoms with van der Waals surface area (Å²) in [6.07, 6.45) is 1.38. The molecule has 0 aromatic heterocycles. The Morgan fingerprint density at radius 1 is 1.15 bits per heavy atom. The van der Waals surface area contributed by atoms with E-state index in [2.05, 4.69) is 15.8 Å². The van der Waals surface area contributed by atoms with E-state index < -0.39 is 11.8 Å². The third-order valence-corrected chi connectivity index (χ3v) is 3.66. The zero-order valence-corrected chi connectivity index (χ0v) is 15.3. The van der Waals surface area contributed by atoms with Gasteiger partial charge in [0.05, 0.1) is 12.8 Å². The Morgan fingerprint density at radius 2 is 1.88 bits per heavy atom. The van der Waals surface area contributed by atoms with Gasteiger partial charge in [-0.25, -0.2) is 5.43 Å². The molecule has 2 N–H and O–H groups in total. The minimum Gasteiger partial charge on any atom is -0.493 e. The molecule has 2 rings (SSSR count). The van der Waals surface area contributed by atoms with Gasteiger partial charge in [0.2, 0.25) is 0 Å². The van der Waals surface area contributed by atoms with E-state index in [9.17, 15) is 9.59 Å². The van der Waals surface area contributed by atoms with Crippen LogP contribution >= 0.6 is 11.6 Å². The molecule has 2 aromatic rings. The summed E-state index contributed by atoms with van der Waals surface area (Å²) in [5.74, 6) is -1.04. The lowest BCUT2D eigenvalue weighted by molar-refractivity contribution is -0.139. The number of amides is 2. The first-order valence-electron chi connectivity index (χ1n) is 8.08. The van der Waals surface area contributed by atoms with Crippen LogP contribution in [-0.2, 0) is 16.1 Å². The molecule has 0 aliphatic carbocycles. The van der Waals surface area contributed by atoms with Gasteiger partial charge in [-0.2, -0.15) is 5.10 Å². The standard InChI is InChI=1S/C19H20ClN3O3/c1-3-26-17-9-8-16(20)10-15(17)12-22-23-19(25)18(24)21-11-14-6-4-13(2)5-7-14/h4-10,12H,3,11H2,1-2H3,(H,21,24)(H,23,25)/b22-12-. The molecule has 0 aliphatic heterocycles. The molecule has 2 amide bonds. The highest BCUT2D eigenvalue weighted by molar-refractivity contribution is 6.35. The van der Waals surface area contributed by atoms with E-state index in [4.69, 9.17) is 16.3 Å². The molecule has 0 unspecified atom stereocenters. The molecule has 7 heteroatoms. The maximum Gasteiger partial charge on any atom is 0.329 e. The summed E-state index contributed by atoms with van der Waals surface area (Å²) in [6, 6.07) is 12.7. The average molecular weight is 374 g/mol. The SMILES string of the molecule is CCOc1ccc(Cl)cc1/C=N\NC(=O)C(=O)NCc1ccc(C)cc1. The number of carbonyl (C=O) groups is 2. The van der Waals surface area contributed by atoms with Crippen molar-refractivity contribution in [3.63, 3.8) is 0 Å². The molecule has 0 heterocycles. The Labute approximate surface area is 157 Å². The summed E-state index contributed by atoms with van der Waals surface area (Å²) in [6.45, 7) is 4.58. The predicted octanol–water partition coefficient (Wildman–Crippen LogP) is 2.81.